The third kappa shape index (κ3) is 4.71. The predicted molar refractivity (Wildman–Crippen MR) is 98.4 cm³/mol. The van der Waals surface area contributed by atoms with Crippen LogP contribution in [-0.4, -0.2) is 44.6 Å². The Labute approximate surface area is 146 Å². The number of hydrogen-bond donors (Lipinski definition) is 2. The molecular weight excluding hydrogens is 300 g/mol. The first kappa shape index (κ1) is 17.7. The van der Waals surface area contributed by atoms with Crippen molar-refractivity contribution in [3.05, 3.63) is 29.8 Å². The van der Waals surface area contributed by atoms with Crippen LogP contribution < -0.4 is 10.2 Å². The van der Waals surface area contributed by atoms with E-state index in [1.165, 1.54) is 50.0 Å². The molecule has 3 rings (SSSR count). The van der Waals surface area contributed by atoms with E-state index in [9.17, 15) is 5.11 Å². The molecule has 2 saturated heterocycles. The van der Waals surface area contributed by atoms with E-state index in [0.717, 1.165) is 39.1 Å². The van der Waals surface area contributed by atoms with E-state index in [-0.39, 0.29) is 12.0 Å². The highest BCUT2D eigenvalue weighted by molar-refractivity contribution is 5.47. The average molecular weight is 332 g/mol. The minimum Gasteiger partial charge on any atom is -0.396 e. The Morgan fingerprint density at radius 1 is 1.08 bits per heavy atom. The highest BCUT2D eigenvalue weighted by Crippen LogP contribution is 2.31. The Morgan fingerprint density at radius 3 is 2.46 bits per heavy atom. The number of rotatable bonds is 7. The van der Waals surface area contributed by atoms with E-state index in [2.05, 4.69) is 34.5 Å². The minimum atomic E-state index is 0.126. The van der Waals surface area contributed by atoms with Gasteiger partial charge in [0.2, 0.25) is 0 Å². The summed E-state index contributed by atoms with van der Waals surface area (Å²) in [6, 6.07) is 9.03. The highest BCUT2D eigenvalue weighted by Gasteiger charge is 2.33. The zero-order valence-corrected chi connectivity index (χ0v) is 14.8. The molecule has 4 heteroatoms. The number of nitrogens with one attached hydrogen (secondary N) is 1. The van der Waals surface area contributed by atoms with Gasteiger partial charge < -0.3 is 20.1 Å². The van der Waals surface area contributed by atoms with Gasteiger partial charge in [0, 0.05) is 50.5 Å². The van der Waals surface area contributed by atoms with Crippen molar-refractivity contribution < 1.29 is 9.84 Å². The number of aliphatic hydroxyl groups is 1. The Balaban J connectivity index is 1.49. The summed E-state index contributed by atoms with van der Waals surface area (Å²) in [6.07, 6.45) is 7.26. The van der Waals surface area contributed by atoms with Crippen LogP contribution in [0.4, 0.5) is 5.69 Å². The third-order valence-corrected chi connectivity index (χ3v) is 5.56. The SMILES string of the molecule is OCCC1(CNCc2ccc(N3CCCCCC3)cc2)CCOC1. The smallest absolute Gasteiger partial charge is 0.0536 e. The van der Waals surface area contributed by atoms with Crippen LogP contribution in [0.15, 0.2) is 24.3 Å². The second-order valence-electron chi connectivity index (χ2n) is 7.45. The molecule has 2 aliphatic heterocycles. The fraction of sp³-hybridized carbons (Fsp3) is 0.700. The summed E-state index contributed by atoms with van der Waals surface area (Å²) in [7, 11) is 0. The first-order valence-corrected chi connectivity index (χ1v) is 9.55. The van der Waals surface area contributed by atoms with Gasteiger partial charge in [0.15, 0.2) is 0 Å². The van der Waals surface area contributed by atoms with E-state index < -0.39 is 0 Å². The summed E-state index contributed by atoms with van der Waals surface area (Å²) in [5.41, 5.74) is 2.81. The Bertz CT molecular complexity index is 475. The molecule has 1 atom stereocenters. The van der Waals surface area contributed by atoms with Gasteiger partial charge in [-0.2, -0.15) is 0 Å². The number of aliphatic hydroxyl groups excluding tert-OH is 1. The number of nitrogens with zero attached hydrogens (tertiary/aromatic N) is 1. The standard InChI is InChI=1S/C20H32N2O2/c23-13-9-20(10-14-24-17-20)16-21-15-18-5-7-19(8-6-18)22-11-3-1-2-4-12-22/h5-8,21,23H,1-4,9-17H2. The maximum Gasteiger partial charge on any atom is 0.0536 e. The molecule has 0 radical (unpaired) electrons. The molecule has 0 amide bonds. The summed E-state index contributed by atoms with van der Waals surface area (Å²) in [5, 5.41) is 12.9. The maximum atomic E-state index is 9.29. The first-order chi connectivity index (χ1) is 11.8. The lowest BCUT2D eigenvalue weighted by Crippen LogP contribution is -2.35. The van der Waals surface area contributed by atoms with Crippen molar-refractivity contribution in [1.29, 1.82) is 0 Å². The lowest BCUT2D eigenvalue weighted by atomic mass is 9.84. The van der Waals surface area contributed by atoms with Gasteiger partial charge in [0.25, 0.3) is 0 Å². The zero-order chi connectivity index (χ0) is 16.7. The predicted octanol–water partition coefficient (Wildman–Crippen LogP) is 2.95. The Kier molecular flexibility index (Phi) is 6.52. The van der Waals surface area contributed by atoms with Crippen LogP contribution in [-0.2, 0) is 11.3 Å². The number of benzene rings is 1. The highest BCUT2D eigenvalue weighted by atomic mass is 16.5. The van der Waals surface area contributed by atoms with E-state index in [4.69, 9.17) is 4.74 Å². The summed E-state index contributed by atoms with van der Waals surface area (Å²) in [5.74, 6) is 0. The Morgan fingerprint density at radius 2 is 1.83 bits per heavy atom. The van der Waals surface area contributed by atoms with Crippen LogP contribution in [0.1, 0.15) is 44.1 Å². The quantitative estimate of drug-likeness (QED) is 0.806. The first-order valence-electron chi connectivity index (χ1n) is 9.55. The van der Waals surface area contributed by atoms with Crippen LogP contribution in [0.5, 0.6) is 0 Å². The van der Waals surface area contributed by atoms with Crippen molar-refractivity contribution in [3.8, 4) is 0 Å². The lowest BCUT2D eigenvalue weighted by Gasteiger charge is -2.27. The van der Waals surface area contributed by atoms with Crippen molar-refractivity contribution in [2.45, 2.75) is 45.1 Å². The van der Waals surface area contributed by atoms with Crippen LogP contribution in [0.2, 0.25) is 0 Å². The van der Waals surface area contributed by atoms with Crippen molar-refractivity contribution >= 4 is 5.69 Å². The van der Waals surface area contributed by atoms with Crippen LogP contribution >= 0.6 is 0 Å². The molecule has 2 N–H and O–H groups in total. The molecule has 2 aliphatic rings. The molecular formula is C20H32N2O2. The van der Waals surface area contributed by atoms with Gasteiger partial charge in [0.05, 0.1) is 6.61 Å². The molecule has 1 aromatic rings. The largest absolute Gasteiger partial charge is 0.396 e. The van der Waals surface area contributed by atoms with Crippen molar-refractivity contribution in [2.75, 3.05) is 44.4 Å². The normalized spacial score (nSPS) is 25.0. The van der Waals surface area contributed by atoms with Gasteiger partial charge in [-0.3, -0.25) is 0 Å². The van der Waals surface area contributed by atoms with E-state index in [1.807, 2.05) is 0 Å². The molecule has 0 saturated carbocycles. The average Bonchev–Trinajstić information content (AvgIpc) is 2.89. The van der Waals surface area contributed by atoms with Gasteiger partial charge >= 0.3 is 0 Å². The fourth-order valence-electron chi connectivity index (χ4n) is 3.94. The van der Waals surface area contributed by atoms with Crippen molar-refractivity contribution in [3.63, 3.8) is 0 Å². The molecule has 2 heterocycles. The fourth-order valence-corrected chi connectivity index (χ4v) is 3.94. The molecule has 0 bridgehead atoms. The molecule has 24 heavy (non-hydrogen) atoms. The second-order valence-corrected chi connectivity index (χ2v) is 7.45. The van der Waals surface area contributed by atoms with Crippen LogP contribution in [0, 0.1) is 5.41 Å². The molecule has 0 spiro atoms. The van der Waals surface area contributed by atoms with Gasteiger partial charge in [-0.1, -0.05) is 25.0 Å². The van der Waals surface area contributed by atoms with Crippen molar-refractivity contribution in [1.82, 2.24) is 5.32 Å². The summed E-state index contributed by atoms with van der Waals surface area (Å²) < 4.78 is 5.55. The van der Waals surface area contributed by atoms with Gasteiger partial charge in [-0.05, 0) is 43.4 Å². The van der Waals surface area contributed by atoms with Crippen molar-refractivity contribution in [2.24, 2.45) is 5.41 Å². The van der Waals surface area contributed by atoms with E-state index in [1.54, 1.807) is 0 Å². The van der Waals surface area contributed by atoms with Gasteiger partial charge in [-0.15, -0.1) is 0 Å². The monoisotopic (exact) mass is 332 g/mol. The molecule has 1 aromatic carbocycles. The second kappa shape index (κ2) is 8.84. The number of ether oxygens (including phenoxy) is 1. The van der Waals surface area contributed by atoms with Crippen LogP contribution in [0.25, 0.3) is 0 Å². The molecule has 4 nitrogen and oxygen atoms in total. The molecule has 0 aliphatic carbocycles. The molecule has 1 unspecified atom stereocenters. The molecule has 134 valence electrons. The minimum absolute atomic E-state index is 0.126. The lowest BCUT2D eigenvalue weighted by molar-refractivity contribution is 0.124. The van der Waals surface area contributed by atoms with E-state index in [0.29, 0.717) is 0 Å². The molecule has 2 fully saturated rings. The zero-order valence-electron chi connectivity index (χ0n) is 14.8. The topological polar surface area (TPSA) is 44.7 Å². The summed E-state index contributed by atoms with van der Waals surface area (Å²) in [6.45, 7) is 6.04. The van der Waals surface area contributed by atoms with Crippen LogP contribution in [0.3, 0.4) is 0 Å². The van der Waals surface area contributed by atoms with Gasteiger partial charge in [-0.25, -0.2) is 0 Å². The van der Waals surface area contributed by atoms with E-state index >= 15 is 0 Å². The summed E-state index contributed by atoms with van der Waals surface area (Å²) >= 11 is 0. The third-order valence-electron chi connectivity index (χ3n) is 5.56. The summed E-state index contributed by atoms with van der Waals surface area (Å²) in [4.78, 5) is 2.52. The number of anilines is 1. The van der Waals surface area contributed by atoms with Gasteiger partial charge in [0.1, 0.15) is 0 Å². The Hall–Kier alpha value is -1.10. The number of hydrogen-bond acceptors (Lipinski definition) is 4. The maximum absolute atomic E-state index is 9.29. The molecule has 0 aromatic heterocycles.